The fourth-order valence-electron chi connectivity index (χ4n) is 3.33. The second-order valence-electron chi connectivity index (χ2n) is 6.80. The van der Waals surface area contributed by atoms with Crippen molar-refractivity contribution in [1.29, 1.82) is 0 Å². The summed E-state index contributed by atoms with van der Waals surface area (Å²) in [5.74, 6) is 1.13. The van der Waals surface area contributed by atoms with Gasteiger partial charge in [0.2, 0.25) is 5.91 Å². The second-order valence-corrected chi connectivity index (χ2v) is 6.80. The van der Waals surface area contributed by atoms with Crippen molar-refractivity contribution in [2.75, 3.05) is 21.3 Å². The molecule has 8 heteroatoms. The van der Waals surface area contributed by atoms with Crippen LogP contribution in [0.15, 0.2) is 36.4 Å². The molecule has 5 nitrogen and oxygen atoms in total. The van der Waals surface area contributed by atoms with Crippen molar-refractivity contribution < 1.29 is 32.2 Å². The monoisotopic (exact) mass is 409 g/mol. The molecule has 0 radical (unpaired) electrons. The molecule has 156 valence electrons. The molecule has 29 heavy (non-hydrogen) atoms. The third kappa shape index (κ3) is 4.58. The zero-order valence-corrected chi connectivity index (χ0v) is 16.3. The van der Waals surface area contributed by atoms with Crippen LogP contribution in [0, 0.1) is 5.92 Å². The van der Waals surface area contributed by atoms with Gasteiger partial charge in [0, 0.05) is 18.1 Å². The van der Waals surface area contributed by atoms with Gasteiger partial charge in [-0.05, 0) is 30.0 Å². The molecular weight excluding hydrogens is 387 g/mol. The zero-order chi connectivity index (χ0) is 21.2. The summed E-state index contributed by atoms with van der Waals surface area (Å²) in [6, 6.07) is 8.39. The van der Waals surface area contributed by atoms with Crippen molar-refractivity contribution in [1.82, 2.24) is 5.32 Å². The van der Waals surface area contributed by atoms with E-state index in [2.05, 4.69) is 5.32 Å². The molecule has 0 aliphatic heterocycles. The molecule has 2 atom stereocenters. The van der Waals surface area contributed by atoms with E-state index in [1.54, 1.807) is 12.1 Å². The zero-order valence-electron chi connectivity index (χ0n) is 16.3. The Bertz CT molecular complexity index is 855. The Kier molecular flexibility index (Phi) is 5.91. The number of nitrogens with one attached hydrogen (secondary N) is 1. The van der Waals surface area contributed by atoms with Crippen LogP contribution < -0.4 is 19.5 Å². The maximum atomic E-state index is 12.7. The fourth-order valence-corrected chi connectivity index (χ4v) is 3.33. The minimum absolute atomic E-state index is 0.0723. The standard InChI is InChI=1S/C21H22F3NO4/c1-27-14-8-18(28-2)17(19(9-14)29-3)11-25-20(26)16-10-15(16)12-4-6-13(7-5-12)21(22,23)24/h4-9,15-16H,10-11H2,1-3H3,(H,25,26). The smallest absolute Gasteiger partial charge is 0.416 e. The number of benzene rings is 2. The molecule has 0 bridgehead atoms. The average molecular weight is 409 g/mol. The minimum Gasteiger partial charge on any atom is -0.496 e. The average Bonchev–Trinajstić information content (AvgIpc) is 3.51. The minimum atomic E-state index is -4.37. The Morgan fingerprint density at radius 2 is 1.62 bits per heavy atom. The van der Waals surface area contributed by atoms with E-state index in [-0.39, 0.29) is 24.3 Å². The van der Waals surface area contributed by atoms with Gasteiger partial charge in [0.05, 0.1) is 39.0 Å². The highest BCUT2D eigenvalue weighted by molar-refractivity contribution is 5.83. The van der Waals surface area contributed by atoms with E-state index in [0.717, 1.165) is 17.7 Å². The number of alkyl halides is 3. The summed E-state index contributed by atoms with van der Waals surface area (Å²) < 4.78 is 54.0. The number of rotatable bonds is 7. The molecule has 0 aromatic heterocycles. The molecule has 0 spiro atoms. The van der Waals surface area contributed by atoms with Gasteiger partial charge in [-0.25, -0.2) is 0 Å². The van der Waals surface area contributed by atoms with Crippen LogP contribution in [0.25, 0.3) is 0 Å². The molecule has 1 saturated carbocycles. The normalized spacial score (nSPS) is 18.1. The Hall–Kier alpha value is -2.90. The van der Waals surface area contributed by atoms with Crippen LogP contribution in [-0.2, 0) is 17.5 Å². The van der Waals surface area contributed by atoms with E-state index in [9.17, 15) is 18.0 Å². The van der Waals surface area contributed by atoms with Crippen molar-refractivity contribution in [3.8, 4) is 17.2 Å². The first-order valence-electron chi connectivity index (χ1n) is 9.02. The molecule has 0 heterocycles. The van der Waals surface area contributed by atoms with E-state index < -0.39 is 11.7 Å². The van der Waals surface area contributed by atoms with E-state index in [1.807, 2.05) is 0 Å². The predicted molar refractivity (Wildman–Crippen MR) is 100 cm³/mol. The summed E-state index contributed by atoms with van der Waals surface area (Å²) in [6.07, 6.45) is -3.76. The molecule has 3 rings (SSSR count). The first-order valence-corrected chi connectivity index (χ1v) is 9.02. The summed E-state index contributed by atoms with van der Waals surface area (Å²) in [4.78, 5) is 12.5. The molecule has 1 N–H and O–H groups in total. The number of carbonyl (C=O) groups is 1. The Morgan fingerprint density at radius 3 is 2.10 bits per heavy atom. The van der Waals surface area contributed by atoms with E-state index in [1.165, 1.54) is 33.5 Å². The lowest BCUT2D eigenvalue weighted by Crippen LogP contribution is -2.25. The summed E-state index contributed by atoms with van der Waals surface area (Å²) in [5, 5.41) is 2.86. The van der Waals surface area contributed by atoms with Gasteiger partial charge in [-0.3, -0.25) is 4.79 Å². The van der Waals surface area contributed by atoms with Gasteiger partial charge >= 0.3 is 6.18 Å². The topological polar surface area (TPSA) is 56.8 Å². The molecule has 1 amide bonds. The van der Waals surface area contributed by atoms with Gasteiger partial charge in [0.1, 0.15) is 17.2 Å². The number of hydrogen-bond acceptors (Lipinski definition) is 4. The molecule has 0 saturated heterocycles. The fraction of sp³-hybridized carbons (Fsp3) is 0.381. The maximum absolute atomic E-state index is 12.7. The molecule has 2 aromatic carbocycles. The quantitative estimate of drug-likeness (QED) is 0.747. The lowest BCUT2D eigenvalue weighted by Gasteiger charge is -2.15. The van der Waals surface area contributed by atoms with E-state index >= 15 is 0 Å². The van der Waals surface area contributed by atoms with E-state index in [4.69, 9.17) is 14.2 Å². The highest BCUT2D eigenvalue weighted by Gasteiger charge is 2.44. The maximum Gasteiger partial charge on any atom is 0.416 e. The molecular formula is C21H22F3NO4. The molecule has 1 aliphatic rings. The van der Waals surface area contributed by atoms with Crippen molar-refractivity contribution in [3.63, 3.8) is 0 Å². The predicted octanol–water partition coefficient (Wildman–Crippen LogP) is 4.15. The van der Waals surface area contributed by atoms with Crippen LogP contribution in [-0.4, -0.2) is 27.2 Å². The third-order valence-electron chi connectivity index (χ3n) is 5.05. The lowest BCUT2D eigenvalue weighted by atomic mass is 10.1. The first kappa shape index (κ1) is 20.8. The Balaban J connectivity index is 1.64. The largest absolute Gasteiger partial charge is 0.496 e. The summed E-state index contributed by atoms with van der Waals surface area (Å²) in [6.45, 7) is 0.200. The van der Waals surface area contributed by atoms with Crippen molar-refractivity contribution in [2.24, 2.45) is 5.92 Å². The van der Waals surface area contributed by atoms with Crippen molar-refractivity contribution >= 4 is 5.91 Å². The highest BCUT2D eigenvalue weighted by Crippen LogP contribution is 2.48. The second kappa shape index (κ2) is 8.23. The molecule has 1 fully saturated rings. The van der Waals surface area contributed by atoms with Crippen LogP contribution in [0.5, 0.6) is 17.2 Å². The van der Waals surface area contributed by atoms with E-state index in [0.29, 0.717) is 29.2 Å². The number of methoxy groups -OCH3 is 3. The van der Waals surface area contributed by atoms with Gasteiger partial charge in [0.25, 0.3) is 0 Å². The number of halogens is 3. The van der Waals surface area contributed by atoms with Crippen molar-refractivity contribution in [3.05, 3.63) is 53.1 Å². The summed E-state index contributed by atoms with van der Waals surface area (Å²) in [5.41, 5.74) is 0.718. The Labute approximate surface area is 166 Å². The number of carbonyl (C=O) groups excluding carboxylic acids is 1. The van der Waals surface area contributed by atoms with Gasteiger partial charge in [-0.2, -0.15) is 13.2 Å². The van der Waals surface area contributed by atoms with Gasteiger partial charge in [-0.15, -0.1) is 0 Å². The number of hydrogen-bond donors (Lipinski definition) is 1. The SMILES string of the molecule is COc1cc(OC)c(CNC(=O)C2CC2c2ccc(C(F)(F)F)cc2)c(OC)c1. The Morgan fingerprint density at radius 1 is 1.03 bits per heavy atom. The van der Waals surface area contributed by atoms with Gasteiger partial charge in [-0.1, -0.05) is 12.1 Å². The van der Waals surface area contributed by atoms with Crippen LogP contribution in [0.1, 0.15) is 29.0 Å². The number of amides is 1. The molecule has 1 aliphatic carbocycles. The van der Waals surface area contributed by atoms with Crippen LogP contribution in [0.2, 0.25) is 0 Å². The summed E-state index contributed by atoms with van der Waals surface area (Å²) in [7, 11) is 4.56. The first-order chi connectivity index (χ1) is 13.8. The van der Waals surface area contributed by atoms with Crippen LogP contribution >= 0.6 is 0 Å². The van der Waals surface area contributed by atoms with Crippen LogP contribution in [0.3, 0.4) is 0 Å². The number of ether oxygens (including phenoxy) is 3. The van der Waals surface area contributed by atoms with Crippen LogP contribution in [0.4, 0.5) is 13.2 Å². The highest BCUT2D eigenvalue weighted by atomic mass is 19.4. The molecule has 2 unspecified atom stereocenters. The lowest BCUT2D eigenvalue weighted by molar-refractivity contribution is -0.137. The van der Waals surface area contributed by atoms with Gasteiger partial charge < -0.3 is 19.5 Å². The summed E-state index contributed by atoms with van der Waals surface area (Å²) >= 11 is 0. The van der Waals surface area contributed by atoms with Gasteiger partial charge in [0.15, 0.2) is 0 Å². The third-order valence-corrected chi connectivity index (χ3v) is 5.05. The molecule has 2 aromatic rings. The van der Waals surface area contributed by atoms with Crippen molar-refractivity contribution in [2.45, 2.75) is 25.1 Å².